The Kier molecular flexibility index (Phi) is 20.7. The van der Waals surface area contributed by atoms with E-state index in [4.69, 9.17) is 79.1 Å². The Morgan fingerprint density at radius 1 is 0.648 bits per heavy atom. The van der Waals surface area contributed by atoms with Gasteiger partial charge in [0.05, 0.1) is 68.7 Å². The summed E-state index contributed by atoms with van der Waals surface area (Å²) in [4.78, 5) is 16.6. The SMILES string of the molecule is COCN(c1cc(Cl)cnc1Br)S(=O)(=O)c1ccc(Cl)c(C(F)(F)F)c1.COCN(c1cc(Cl)cnc1C(O)c1c(F)cccc1Cl)S(=O)(=O)c1ccc(Cl)c(C(F)(F)F)c1.O=Cc1c(F)cccc1Cl. The van der Waals surface area contributed by atoms with Gasteiger partial charge in [0.15, 0.2) is 6.29 Å². The molecule has 0 spiro atoms. The third kappa shape index (κ3) is 14.6. The maximum atomic E-state index is 14.5. The molecule has 0 bridgehead atoms. The van der Waals surface area contributed by atoms with E-state index in [0.717, 1.165) is 54.0 Å². The lowest BCUT2D eigenvalue weighted by atomic mass is 10.0. The zero-order chi connectivity index (χ0) is 53.4. The number of aliphatic hydroxyl groups is 1. The second-order valence-corrected chi connectivity index (χ2v) is 20.6. The Morgan fingerprint density at radius 3 is 1.51 bits per heavy atom. The largest absolute Gasteiger partial charge is 0.417 e. The van der Waals surface area contributed by atoms with Crippen molar-refractivity contribution in [2.24, 2.45) is 0 Å². The first-order valence-corrected chi connectivity index (χ1v) is 24.7. The van der Waals surface area contributed by atoms with E-state index in [1.54, 1.807) is 0 Å². The van der Waals surface area contributed by atoms with Crippen molar-refractivity contribution < 1.29 is 71.3 Å². The van der Waals surface area contributed by atoms with Crippen molar-refractivity contribution in [1.82, 2.24) is 9.97 Å². The minimum atomic E-state index is -4.94. The molecule has 6 aromatic rings. The second kappa shape index (κ2) is 24.7. The van der Waals surface area contributed by atoms with Gasteiger partial charge < -0.3 is 14.6 Å². The van der Waals surface area contributed by atoms with Crippen molar-refractivity contribution in [2.75, 3.05) is 36.3 Å². The van der Waals surface area contributed by atoms with E-state index in [2.05, 4.69) is 25.9 Å². The summed E-state index contributed by atoms with van der Waals surface area (Å²) in [6.07, 6.45) is -8.88. The number of nitrogens with zero attached hydrogens (tertiary/aromatic N) is 4. The molecule has 1 N–H and O–H groups in total. The highest BCUT2D eigenvalue weighted by Crippen LogP contribution is 2.41. The number of hydrogen-bond donors (Lipinski definition) is 1. The van der Waals surface area contributed by atoms with Crippen LogP contribution in [-0.2, 0) is 41.9 Å². The molecule has 6 rings (SSSR count). The summed E-state index contributed by atoms with van der Waals surface area (Å²) in [5, 5.41) is 9.61. The van der Waals surface area contributed by atoms with Crippen LogP contribution in [0.4, 0.5) is 46.5 Å². The monoisotopic (exact) mass is 1220 g/mol. The van der Waals surface area contributed by atoms with Crippen LogP contribution in [0.25, 0.3) is 0 Å². The Hall–Kier alpha value is -4.11. The third-order valence-electron chi connectivity index (χ3n) is 8.99. The zero-order valence-corrected chi connectivity index (χ0v) is 43.1. The topological polar surface area (TPSA) is 156 Å². The van der Waals surface area contributed by atoms with Gasteiger partial charge in [0, 0.05) is 37.2 Å². The maximum Gasteiger partial charge on any atom is 0.417 e. The van der Waals surface area contributed by atoms with Gasteiger partial charge in [-0.3, -0.25) is 9.78 Å². The van der Waals surface area contributed by atoms with Gasteiger partial charge in [0.2, 0.25) is 0 Å². The number of sulfonamides is 2. The van der Waals surface area contributed by atoms with Crippen molar-refractivity contribution in [3.8, 4) is 0 Å². The highest BCUT2D eigenvalue weighted by molar-refractivity contribution is 9.10. The number of carbonyl (C=O) groups excluding carboxylic acids is 1. The van der Waals surface area contributed by atoms with Crippen LogP contribution >= 0.6 is 85.5 Å². The smallest absolute Gasteiger partial charge is 0.382 e. The summed E-state index contributed by atoms with van der Waals surface area (Å²) >= 11 is 37.6. The normalized spacial score (nSPS) is 12.3. The molecule has 0 saturated carbocycles. The van der Waals surface area contributed by atoms with Crippen molar-refractivity contribution >= 4 is 123 Å². The van der Waals surface area contributed by atoms with Gasteiger partial charge in [-0.05, 0) is 88.7 Å². The van der Waals surface area contributed by atoms with Crippen LogP contribution in [0.5, 0.6) is 0 Å². The number of hydrogen-bond acceptors (Lipinski definition) is 10. The Labute approximate surface area is 437 Å². The van der Waals surface area contributed by atoms with Gasteiger partial charge in [-0.2, -0.15) is 26.3 Å². The number of anilines is 2. The average molecular weight is 1230 g/mol. The van der Waals surface area contributed by atoms with E-state index in [0.29, 0.717) is 22.7 Å². The number of halogens is 15. The number of benzene rings is 4. The predicted molar refractivity (Wildman–Crippen MR) is 254 cm³/mol. The first kappa shape index (κ1) is 59.5. The molecular weight excluding hydrogens is 1200 g/mol. The molecule has 2 aromatic heterocycles. The molecular formula is C42H29BrCl6F8N4O8S2. The molecule has 4 aromatic carbocycles. The molecule has 382 valence electrons. The fourth-order valence-corrected chi connectivity index (χ4v) is 10.3. The molecule has 0 saturated heterocycles. The van der Waals surface area contributed by atoms with Gasteiger partial charge >= 0.3 is 12.4 Å². The number of methoxy groups -OCH3 is 2. The molecule has 0 aliphatic heterocycles. The number of carbonyl (C=O) groups is 1. The predicted octanol–water partition coefficient (Wildman–Crippen LogP) is 13.3. The van der Waals surface area contributed by atoms with Crippen molar-refractivity contribution in [2.45, 2.75) is 28.2 Å². The van der Waals surface area contributed by atoms with E-state index in [1.165, 1.54) is 49.7 Å². The van der Waals surface area contributed by atoms with E-state index in [1.807, 2.05) is 0 Å². The molecule has 1 atom stereocenters. The maximum absolute atomic E-state index is 14.5. The minimum absolute atomic E-state index is 0.00265. The first-order valence-electron chi connectivity index (χ1n) is 18.8. The van der Waals surface area contributed by atoms with Crippen LogP contribution in [0.3, 0.4) is 0 Å². The van der Waals surface area contributed by atoms with E-state index in [9.17, 15) is 61.9 Å². The Bertz CT molecular complexity index is 3090. The molecule has 12 nitrogen and oxygen atoms in total. The summed E-state index contributed by atoms with van der Waals surface area (Å²) in [6, 6.07) is 14.4. The standard InChI is InChI=1S/C21H15Cl3F4N2O4S.C14H10BrCl2F3N2O3S.C7H4ClFO/c1-34-10-30(35(32,33)12-5-6-14(23)13(8-12)21(26,27)28)17-7-11(22)9-29-19(17)20(31)18-15(24)3-2-4-16(18)25;1-25-7-22(12-4-8(16)6-21-13(12)15)26(23,24)9-2-3-11(17)10(5-9)14(18,19)20;8-6-2-1-3-7(9)5(6)4-10/h2-9,20,31H,10H2,1H3;2-6H,7H2,1H3;1-4H. The van der Waals surface area contributed by atoms with Crippen LogP contribution < -0.4 is 8.61 Å². The van der Waals surface area contributed by atoms with Crippen LogP contribution in [0.15, 0.2) is 112 Å². The molecule has 2 heterocycles. The van der Waals surface area contributed by atoms with E-state index < -0.39 is 106 Å². The molecule has 0 aliphatic rings. The van der Waals surface area contributed by atoms with Crippen molar-refractivity contribution in [3.05, 3.63) is 172 Å². The number of aromatic nitrogens is 2. The summed E-state index contributed by atoms with van der Waals surface area (Å²) in [5.41, 5.74) is -3.89. The zero-order valence-electron chi connectivity index (χ0n) is 35.4. The molecule has 0 amide bonds. The second-order valence-electron chi connectivity index (χ2n) is 13.6. The van der Waals surface area contributed by atoms with Crippen LogP contribution in [0.2, 0.25) is 30.1 Å². The summed E-state index contributed by atoms with van der Waals surface area (Å²) in [7, 11) is -6.85. The quantitative estimate of drug-likeness (QED) is 0.0511. The van der Waals surface area contributed by atoms with Crippen molar-refractivity contribution in [3.63, 3.8) is 0 Å². The third-order valence-corrected chi connectivity index (χ3v) is 14.8. The number of rotatable bonds is 13. The first-order chi connectivity index (χ1) is 33.0. The van der Waals surface area contributed by atoms with Gasteiger partial charge in [-0.1, -0.05) is 81.7 Å². The van der Waals surface area contributed by atoms with Gasteiger partial charge in [-0.25, -0.2) is 39.2 Å². The Morgan fingerprint density at radius 2 is 1.08 bits per heavy atom. The summed E-state index contributed by atoms with van der Waals surface area (Å²) in [6.45, 7) is -1.20. The van der Waals surface area contributed by atoms with E-state index >= 15 is 0 Å². The van der Waals surface area contributed by atoms with Crippen LogP contribution in [0.1, 0.15) is 38.8 Å². The molecule has 0 aliphatic carbocycles. The van der Waals surface area contributed by atoms with Gasteiger partial charge in [0.1, 0.15) is 35.8 Å². The molecule has 0 fully saturated rings. The van der Waals surface area contributed by atoms with Crippen LogP contribution in [-0.4, -0.2) is 65.9 Å². The van der Waals surface area contributed by atoms with Gasteiger partial charge in [-0.15, -0.1) is 0 Å². The van der Waals surface area contributed by atoms with Crippen LogP contribution in [0, 0.1) is 11.6 Å². The molecule has 0 radical (unpaired) electrons. The van der Waals surface area contributed by atoms with Gasteiger partial charge in [0.25, 0.3) is 20.0 Å². The molecule has 29 heteroatoms. The fourth-order valence-electron chi connectivity index (χ4n) is 5.76. The molecule has 71 heavy (non-hydrogen) atoms. The number of alkyl halides is 6. The number of ether oxygens (including phenoxy) is 2. The average Bonchev–Trinajstić information content (AvgIpc) is 3.28. The highest BCUT2D eigenvalue weighted by atomic mass is 79.9. The number of aldehydes is 1. The lowest BCUT2D eigenvalue weighted by Gasteiger charge is -2.27. The Balaban J connectivity index is 0.000000265. The van der Waals surface area contributed by atoms with Crippen molar-refractivity contribution in [1.29, 1.82) is 0 Å². The minimum Gasteiger partial charge on any atom is -0.382 e. The number of aliphatic hydroxyl groups excluding tert-OH is 1. The molecule has 1 unspecified atom stereocenters. The van der Waals surface area contributed by atoms with E-state index in [-0.39, 0.29) is 41.6 Å². The number of pyridine rings is 2. The summed E-state index contributed by atoms with van der Waals surface area (Å²) < 4.78 is 170. The highest BCUT2D eigenvalue weighted by Gasteiger charge is 2.38. The fraction of sp³-hybridized carbons (Fsp3) is 0.167. The lowest BCUT2D eigenvalue weighted by molar-refractivity contribution is -0.138. The summed E-state index contributed by atoms with van der Waals surface area (Å²) in [5.74, 6) is -1.48. The lowest BCUT2D eigenvalue weighted by Crippen LogP contribution is -2.34.